The lowest BCUT2D eigenvalue weighted by Gasteiger charge is -2.27. The number of nitrogens with one attached hydrogen (secondary N) is 1. The third-order valence-electron chi connectivity index (χ3n) is 10.0. The van der Waals surface area contributed by atoms with Gasteiger partial charge in [0.05, 0.1) is 43.4 Å². The summed E-state index contributed by atoms with van der Waals surface area (Å²) >= 11 is 3.32. The van der Waals surface area contributed by atoms with Crippen LogP contribution in [0.15, 0.2) is 48.5 Å². The lowest BCUT2D eigenvalue weighted by atomic mass is 10.1. The Morgan fingerprint density at radius 2 is 0.893 bits per heavy atom. The van der Waals surface area contributed by atoms with E-state index in [4.69, 9.17) is 40.0 Å². The van der Waals surface area contributed by atoms with E-state index in [1.165, 1.54) is 6.92 Å². The van der Waals surface area contributed by atoms with E-state index >= 15 is 0 Å². The molecule has 75 heavy (non-hydrogen) atoms. The number of ether oxygens (including phenoxy) is 2. The number of aryl methyl sites for hydroxylation is 1. The molecule has 0 atom stereocenters. The smallest absolute Gasteiger partial charge is 0.446 e. The number of carboxylic acid groups (broad SMARTS) is 4. The minimum atomic E-state index is -4.64. The highest BCUT2D eigenvalue weighted by Gasteiger charge is 2.25. The fourth-order valence-corrected chi connectivity index (χ4v) is 7.12. The number of carbonyl (C=O) groups excluding carboxylic acids is 3. The molecule has 2 heterocycles. The van der Waals surface area contributed by atoms with Crippen molar-refractivity contribution in [2.75, 3.05) is 117 Å². The van der Waals surface area contributed by atoms with Crippen LogP contribution in [0.4, 0.5) is 13.2 Å². The largest absolute Gasteiger partial charge is 0.480 e. The number of aliphatic carboxylic acids is 2. The first kappa shape index (κ1) is 71.5. The highest BCUT2D eigenvalue weighted by molar-refractivity contribution is 9.09. The second-order valence-corrected chi connectivity index (χ2v) is 19.5. The first-order valence-corrected chi connectivity index (χ1v) is 24.9. The number of esters is 2. The zero-order valence-electron chi connectivity index (χ0n) is 43.5. The molecule has 2 aromatic carbocycles. The van der Waals surface area contributed by atoms with Crippen molar-refractivity contribution in [1.29, 1.82) is 5.26 Å². The van der Waals surface area contributed by atoms with Crippen LogP contribution in [0.2, 0.25) is 0 Å². The van der Waals surface area contributed by atoms with Gasteiger partial charge in [-0.1, -0.05) is 47.6 Å². The van der Waals surface area contributed by atoms with Gasteiger partial charge in [-0.25, -0.2) is 9.59 Å². The van der Waals surface area contributed by atoms with E-state index in [2.05, 4.69) is 35.9 Å². The summed E-state index contributed by atoms with van der Waals surface area (Å²) in [5, 5.41) is 47.3. The van der Waals surface area contributed by atoms with E-state index in [1.807, 2.05) is 63.5 Å². The van der Waals surface area contributed by atoms with Crippen LogP contribution in [0.3, 0.4) is 0 Å². The van der Waals surface area contributed by atoms with Crippen molar-refractivity contribution in [2.45, 2.75) is 86.1 Å². The SMILES string of the molecule is C.CC#N.CC(C)(C)OC(=O)CN1CCNCCN(CC(=O)OC(C)(C)C)CC1.O=C(O)CN1CCN(CCc2ccc(C(=O)O)cc2)CCN(CC(=O)O)CC1.O=C(O)c1ccc(CCBr)cc1.O=CC(F)(F)F. The van der Waals surface area contributed by atoms with Crippen LogP contribution >= 0.6 is 15.9 Å². The van der Waals surface area contributed by atoms with Crippen molar-refractivity contribution >= 4 is 58.0 Å². The molecule has 2 fully saturated rings. The Bertz CT molecular complexity index is 1980. The van der Waals surface area contributed by atoms with Crippen LogP contribution in [-0.4, -0.2) is 221 Å². The van der Waals surface area contributed by atoms with Gasteiger partial charge in [-0.05, 0) is 89.8 Å². The predicted octanol–water partition coefficient (Wildman–Crippen LogP) is 5.13. The Balaban J connectivity index is 0. The monoisotopic (exact) mass is 1130 g/mol. The molecule has 2 saturated heterocycles. The zero-order valence-corrected chi connectivity index (χ0v) is 45.1. The molecule has 5 N–H and O–H groups in total. The fraction of sp³-hybridized carbons (Fsp3) is 0.608. The molecule has 20 nitrogen and oxygen atoms in total. The summed E-state index contributed by atoms with van der Waals surface area (Å²) in [6.45, 7) is 22.0. The van der Waals surface area contributed by atoms with Gasteiger partial charge in [0.25, 0.3) is 0 Å². The summed E-state index contributed by atoms with van der Waals surface area (Å²) in [6, 6.07) is 15.4. The number of alkyl halides is 4. The average molecular weight is 1140 g/mol. The van der Waals surface area contributed by atoms with E-state index in [0.29, 0.717) is 57.9 Å². The molecule has 0 radical (unpaired) electrons. The number of carboxylic acids is 4. The van der Waals surface area contributed by atoms with E-state index in [0.717, 1.165) is 62.0 Å². The highest BCUT2D eigenvalue weighted by atomic mass is 79.9. The minimum Gasteiger partial charge on any atom is -0.480 e. The Morgan fingerprint density at radius 1 is 0.600 bits per heavy atom. The molecule has 0 spiro atoms. The first-order chi connectivity index (χ1) is 34.5. The van der Waals surface area contributed by atoms with Gasteiger partial charge in [0.1, 0.15) is 11.2 Å². The Hall–Kier alpha value is -5.55. The van der Waals surface area contributed by atoms with Gasteiger partial charge < -0.3 is 40.1 Å². The van der Waals surface area contributed by atoms with Crippen LogP contribution in [0.1, 0.15) is 87.7 Å². The maximum absolute atomic E-state index is 12.1. The normalized spacial score (nSPS) is 15.3. The molecule has 24 heteroatoms. The molecule has 4 rings (SSSR count). The predicted molar refractivity (Wildman–Crippen MR) is 280 cm³/mol. The van der Waals surface area contributed by atoms with Gasteiger partial charge >= 0.3 is 42.0 Å². The van der Waals surface area contributed by atoms with Gasteiger partial charge in [-0.2, -0.15) is 18.4 Å². The lowest BCUT2D eigenvalue weighted by Crippen LogP contribution is -2.42. The molecule has 0 saturated carbocycles. The molecule has 0 amide bonds. The van der Waals surface area contributed by atoms with Gasteiger partial charge in [0.2, 0.25) is 6.29 Å². The Morgan fingerprint density at radius 3 is 1.16 bits per heavy atom. The molecule has 0 bridgehead atoms. The molecular weight excluding hydrogens is 1060 g/mol. The third kappa shape index (κ3) is 39.5. The fourth-order valence-electron chi connectivity index (χ4n) is 6.67. The second kappa shape index (κ2) is 38.1. The van der Waals surface area contributed by atoms with Crippen LogP contribution in [-0.2, 0) is 46.3 Å². The molecule has 2 aromatic rings. The van der Waals surface area contributed by atoms with Crippen molar-refractivity contribution in [2.24, 2.45) is 0 Å². The third-order valence-corrected chi connectivity index (χ3v) is 10.4. The van der Waals surface area contributed by atoms with Gasteiger partial charge in [-0.3, -0.25) is 43.6 Å². The number of halogens is 4. The number of aromatic carboxylic acids is 2. The summed E-state index contributed by atoms with van der Waals surface area (Å²) in [5.74, 6) is -4.05. The summed E-state index contributed by atoms with van der Waals surface area (Å²) in [7, 11) is 0. The molecule has 2 aliphatic heterocycles. The highest BCUT2D eigenvalue weighted by Crippen LogP contribution is 2.12. The second-order valence-electron chi connectivity index (χ2n) is 18.7. The number of nitrogens with zero attached hydrogens (tertiary/aromatic N) is 6. The van der Waals surface area contributed by atoms with Crippen LogP contribution in [0.25, 0.3) is 0 Å². The summed E-state index contributed by atoms with van der Waals surface area (Å²) < 4.78 is 42.1. The van der Waals surface area contributed by atoms with Crippen LogP contribution in [0, 0.1) is 11.3 Å². The maximum Gasteiger partial charge on any atom is 0.446 e. The number of benzene rings is 2. The molecule has 0 aliphatic carbocycles. The number of aldehydes is 1. The van der Waals surface area contributed by atoms with E-state index < -0.39 is 47.5 Å². The van der Waals surface area contributed by atoms with E-state index in [1.54, 1.807) is 42.5 Å². The molecule has 0 unspecified atom stereocenters. The molecular formula is C51H79BrF3N7O13. The maximum atomic E-state index is 12.1. The number of rotatable bonds is 15. The zero-order chi connectivity index (χ0) is 56.5. The summed E-state index contributed by atoms with van der Waals surface area (Å²) in [4.78, 5) is 86.3. The van der Waals surface area contributed by atoms with Crippen molar-refractivity contribution in [3.8, 4) is 6.07 Å². The molecule has 424 valence electrons. The van der Waals surface area contributed by atoms with Gasteiger partial charge in [-0.15, -0.1) is 0 Å². The number of hydrogen-bond donors (Lipinski definition) is 5. The van der Waals surface area contributed by atoms with Gasteiger partial charge in [0, 0.05) is 97.3 Å². The topological polar surface area (TPSA) is 271 Å². The van der Waals surface area contributed by atoms with Crippen molar-refractivity contribution in [3.63, 3.8) is 0 Å². The van der Waals surface area contributed by atoms with Crippen LogP contribution < -0.4 is 5.32 Å². The summed E-state index contributed by atoms with van der Waals surface area (Å²) in [6.07, 6.45) is -4.04. The Labute approximate surface area is 447 Å². The average Bonchev–Trinajstić information content (AvgIpc) is 3.44. The van der Waals surface area contributed by atoms with Crippen molar-refractivity contribution in [1.82, 2.24) is 29.8 Å². The van der Waals surface area contributed by atoms with E-state index in [9.17, 15) is 41.9 Å². The first-order valence-electron chi connectivity index (χ1n) is 23.7. The van der Waals surface area contributed by atoms with E-state index in [-0.39, 0.29) is 51.1 Å². The molecule has 2 aliphatic rings. The van der Waals surface area contributed by atoms with Crippen molar-refractivity contribution in [3.05, 3.63) is 70.8 Å². The number of carbonyl (C=O) groups is 7. The standard InChI is InChI=1S/C19H27N3O6.C18H35N3O4.C9H9BrO2.C2HF3O.C2H3N.CH4/c23-17(24)13-21-9-7-20(8-10-22(12-11-21)14-18(25)26)6-5-15-1-3-16(4-2-15)19(27)28;1-17(2,3)24-15(22)13-20-9-7-19-8-10-21(12-11-20)14-16(23)25-18(4,5)6;10-6-5-7-1-3-8(4-2-7)9(11)12;3-2(4,5)1-6;1-2-3;/h1-4H,5-14H2,(H,23,24)(H,25,26)(H,27,28);19H,7-14H2,1-6H3;1-4H,5-6H2,(H,11,12);1H;1H3;1H4. The lowest BCUT2D eigenvalue weighted by molar-refractivity contribution is -0.158. The minimum absolute atomic E-state index is 0. The van der Waals surface area contributed by atoms with Gasteiger partial charge in [0.15, 0.2) is 0 Å². The quantitative estimate of drug-likeness (QED) is 0.0879. The van der Waals surface area contributed by atoms with Crippen LogP contribution in [0.5, 0.6) is 0 Å². The number of nitriles is 1. The van der Waals surface area contributed by atoms with Crippen molar-refractivity contribution < 1.29 is 76.6 Å². The Kier molecular flexibility index (Phi) is 36.3. The number of hydrogen-bond acceptors (Lipinski definition) is 16. The summed E-state index contributed by atoms with van der Waals surface area (Å²) in [5.41, 5.74) is 1.81. The molecule has 0 aromatic heterocycles.